The number of aliphatic hydroxyl groups is 1. The molecule has 0 bridgehead atoms. The molecular formula is C13H24O3. The van der Waals surface area contributed by atoms with Crippen LogP contribution in [-0.4, -0.2) is 37.1 Å². The van der Waals surface area contributed by atoms with Crippen LogP contribution in [0.5, 0.6) is 0 Å². The molecule has 1 N–H and O–H groups in total. The Kier molecular flexibility index (Phi) is 3.88. The van der Waals surface area contributed by atoms with Gasteiger partial charge in [-0.15, -0.1) is 0 Å². The lowest BCUT2D eigenvalue weighted by Gasteiger charge is -2.48. The highest BCUT2D eigenvalue weighted by Gasteiger charge is 2.44. The standard InChI is InChI=1S/C13H24O3/c1-10(9-15-2)12(14)11-4-7-16-13(8-11)5-3-6-13/h10-12,14H,3-9H2,1-2H3. The molecule has 2 rings (SSSR count). The van der Waals surface area contributed by atoms with Gasteiger partial charge in [0.05, 0.1) is 18.3 Å². The monoisotopic (exact) mass is 228 g/mol. The second-order valence-corrected chi connectivity index (χ2v) is 5.56. The van der Waals surface area contributed by atoms with Crippen molar-refractivity contribution in [3.63, 3.8) is 0 Å². The Morgan fingerprint density at radius 1 is 1.50 bits per heavy atom. The lowest BCUT2D eigenvalue weighted by atomic mass is 9.70. The average molecular weight is 228 g/mol. The normalized spacial score (nSPS) is 32.1. The number of rotatable bonds is 4. The van der Waals surface area contributed by atoms with Crippen molar-refractivity contribution in [2.75, 3.05) is 20.3 Å². The second-order valence-electron chi connectivity index (χ2n) is 5.56. The van der Waals surface area contributed by atoms with E-state index in [1.165, 1.54) is 19.3 Å². The molecule has 1 saturated carbocycles. The van der Waals surface area contributed by atoms with Crippen molar-refractivity contribution in [3.8, 4) is 0 Å². The zero-order valence-electron chi connectivity index (χ0n) is 10.4. The molecule has 3 heteroatoms. The van der Waals surface area contributed by atoms with Gasteiger partial charge < -0.3 is 14.6 Å². The Morgan fingerprint density at radius 3 is 2.81 bits per heavy atom. The van der Waals surface area contributed by atoms with Gasteiger partial charge in [0.2, 0.25) is 0 Å². The zero-order chi connectivity index (χ0) is 11.6. The summed E-state index contributed by atoms with van der Waals surface area (Å²) in [5, 5.41) is 10.3. The Labute approximate surface area is 98.1 Å². The molecule has 0 radical (unpaired) electrons. The molecule has 1 saturated heterocycles. The highest BCUT2D eigenvalue weighted by molar-refractivity contribution is 4.95. The van der Waals surface area contributed by atoms with E-state index in [-0.39, 0.29) is 17.6 Å². The van der Waals surface area contributed by atoms with Gasteiger partial charge in [0, 0.05) is 19.6 Å². The van der Waals surface area contributed by atoms with Crippen LogP contribution in [0.15, 0.2) is 0 Å². The Morgan fingerprint density at radius 2 is 2.25 bits per heavy atom. The van der Waals surface area contributed by atoms with E-state index in [4.69, 9.17) is 9.47 Å². The predicted molar refractivity (Wildman–Crippen MR) is 62.3 cm³/mol. The Bertz CT molecular complexity index is 225. The van der Waals surface area contributed by atoms with Crippen molar-refractivity contribution in [2.45, 2.75) is 50.7 Å². The van der Waals surface area contributed by atoms with Crippen molar-refractivity contribution >= 4 is 0 Å². The summed E-state index contributed by atoms with van der Waals surface area (Å²) in [5.41, 5.74) is 0.136. The van der Waals surface area contributed by atoms with Crippen LogP contribution in [0, 0.1) is 11.8 Å². The van der Waals surface area contributed by atoms with Gasteiger partial charge in [-0.2, -0.15) is 0 Å². The van der Waals surface area contributed by atoms with Gasteiger partial charge in [-0.05, 0) is 38.0 Å². The summed E-state index contributed by atoms with van der Waals surface area (Å²) >= 11 is 0. The SMILES string of the molecule is COCC(C)C(O)C1CCOC2(CCC2)C1. The molecule has 0 aromatic heterocycles. The molecule has 0 aromatic carbocycles. The fourth-order valence-electron chi connectivity index (χ4n) is 3.10. The summed E-state index contributed by atoms with van der Waals surface area (Å²) in [6, 6.07) is 0. The maximum atomic E-state index is 10.3. The molecule has 2 fully saturated rings. The maximum Gasteiger partial charge on any atom is 0.0686 e. The smallest absolute Gasteiger partial charge is 0.0686 e. The first-order valence-electron chi connectivity index (χ1n) is 6.48. The molecule has 1 aliphatic carbocycles. The quantitative estimate of drug-likeness (QED) is 0.799. The van der Waals surface area contributed by atoms with Gasteiger partial charge in [-0.1, -0.05) is 6.92 Å². The van der Waals surface area contributed by atoms with Crippen LogP contribution in [0.2, 0.25) is 0 Å². The number of hydrogen-bond acceptors (Lipinski definition) is 3. The third-order valence-corrected chi connectivity index (χ3v) is 4.29. The zero-order valence-corrected chi connectivity index (χ0v) is 10.4. The molecule has 1 aliphatic heterocycles. The first-order valence-corrected chi connectivity index (χ1v) is 6.48. The maximum absolute atomic E-state index is 10.3. The van der Waals surface area contributed by atoms with Gasteiger partial charge in [0.15, 0.2) is 0 Å². The minimum absolute atomic E-state index is 0.136. The lowest BCUT2D eigenvalue weighted by molar-refractivity contribution is -0.162. The Hall–Kier alpha value is -0.120. The third kappa shape index (κ3) is 2.41. The summed E-state index contributed by atoms with van der Waals surface area (Å²) in [6.07, 6.45) is 5.47. The summed E-state index contributed by atoms with van der Waals surface area (Å²) < 4.78 is 11.0. The van der Waals surface area contributed by atoms with E-state index >= 15 is 0 Å². The number of methoxy groups -OCH3 is 1. The molecule has 0 aromatic rings. The van der Waals surface area contributed by atoms with E-state index in [9.17, 15) is 5.11 Å². The van der Waals surface area contributed by atoms with Gasteiger partial charge in [-0.3, -0.25) is 0 Å². The first kappa shape index (κ1) is 12.3. The molecular weight excluding hydrogens is 204 g/mol. The van der Waals surface area contributed by atoms with E-state index in [1.54, 1.807) is 7.11 Å². The van der Waals surface area contributed by atoms with Gasteiger partial charge in [0.25, 0.3) is 0 Å². The molecule has 3 atom stereocenters. The van der Waals surface area contributed by atoms with Crippen LogP contribution in [-0.2, 0) is 9.47 Å². The topological polar surface area (TPSA) is 38.7 Å². The van der Waals surface area contributed by atoms with Crippen molar-refractivity contribution in [3.05, 3.63) is 0 Å². The molecule has 3 unspecified atom stereocenters. The van der Waals surface area contributed by atoms with Crippen molar-refractivity contribution in [1.29, 1.82) is 0 Å². The highest BCUT2D eigenvalue weighted by Crippen LogP contribution is 2.45. The van der Waals surface area contributed by atoms with Crippen LogP contribution < -0.4 is 0 Å². The first-order chi connectivity index (χ1) is 7.67. The van der Waals surface area contributed by atoms with Gasteiger partial charge in [0.1, 0.15) is 0 Å². The molecule has 3 nitrogen and oxygen atoms in total. The third-order valence-electron chi connectivity index (χ3n) is 4.29. The molecule has 94 valence electrons. The number of ether oxygens (including phenoxy) is 2. The average Bonchev–Trinajstić information content (AvgIpc) is 2.26. The predicted octanol–water partition coefficient (Wildman–Crippen LogP) is 1.98. The highest BCUT2D eigenvalue weighted by atomic mass is 16.5. The molecule has 16 heavy (non-hydrogen) atoms. The Balaban J connectivity index is 1.88. The summed E-state index contributed by atoms with van der Waals surface area (Å²) in [5.74, 6) is 0.629. The minimum Gasteiger partial charge on any atom is -0.392 e. The van der Waals surface area contributed by atoms with Crippen LogP contribution in [0.25, 0.3) is 0 Å². The van der Waals surface area contributed by atoms with Crippen LogP contribution in [0.1, 0.15) is 39.0 Å². The summed E-state index contributed by atoms with van der Waals surface area (Å²) in [7, 11) is 1.70. The van der Waals surface area contributed by atoms with E-state index in [1.807, 2.05) is 0 Å². The van der Waals surface area contributed by atoms with Crippen molar-refractivity contribution in [1.82, 2.24) is 0 Å². The molecule has 1 spiro atoms. The van der Waals surface area contributed by atoms with Crippen LogP contribution >= 0.6 is 0 Å². The largest absolute Gasteiger partial charge is 0.392 e. The molecule has 0 amide bonds. The lowest BCUT2D eigenvalue weighted by Crippen LogP contribution is -2.48. The fourth-order valence-corrected chi connectivity index (χ4v) is 3.10. The van der Waals surface area contributed by atoms with Crippen molar-refractivity contribution in [2.24, 2.45) is 11.8 Å². The van der Waals surface area contributed by atoms with Crippen LogP contribution in [0.4, 0.5) is 0 Å². The van der Waals surface area contributed by atoms with Gasteiger partial charge in [-0.25, -0.2) is 0 Å². The number of hydrogen-bond donors (Lipinski definition) is 1. The second kappa shape index (κ2) is 5.03. The van der Waals surface area contributed by atoms with Gasteiger partial charge >= 0.3 is 0 Å². The summed E-state index contributed by atoms with van der Waals surface area (Å²) in [4.78, 5) is 0. The van der Waals surface area contributed by atoms with E-state index in [0.29, 0.717) is 12.5 Å². The van der Waals surface area contributed by atoms with E-state index in [2.05, 4.69) is 6.92 Å². The number of aliphatic hydroxyl groups excluding tert-OH is 1. The minimum atomic E-state index is -0.235. The fraction of sp³-hybridized carbons (Fsp3) is 1.00. The van der Waals surface area contributed by atoms with E-state index in [0.717, 1.165) is 19.4 Å². The van der Waals surface area contributed by atoms with E-state index < -0.39 is 0 Å². The molecule has 1 heterocycles. The molecule has 2 aliphatic rings. The van der Waals surface area contributed by atoms with Crippen molar-refractivity contribution < 1.29 is 14.6 Å². The summed E-state index contributed by atoms with van der Waals surface area (Å²) in [6.45, 7) is 3.53. The van der Waals surface area contributed by atoms with Crippen LogP contribution in [0.3, 0.4) is 0 Å².